The summed E-state index contributed by atoms with van der Waals surface area (Å²) in [6.45, 7) is 11.2. The third-order valence-corrected chi connectivity index (χ3v) is 3.91. The molecule has 0 saturated heterocycles. The van der Waals surface area contributed by atoms with Crippen LogP contribution in [0, 0.1) is 5.41 Å². The zero-order valence-electron chi connectivity index (χ0n) is 11.4. The van der Waals surface area contributed by atoms with Crippen LogP contribution in [0.5, 0.6) is 0 Å². The molecule has 0 N–H and O–H groups in total. The van der Waals surface area contributed by atoms with E-state index in [0.717, 1.165) is 10.9 Å². The van der Waals surface area contributed by atoms with Gasteiger partial charge in [0, 0.05) is 4.47 Å². The lowest BCUT2D eigenvalue weighted by molar-refractivity contribution is 0.146. The van der Waals surface area contributed by atoms with Crippen LogP contribution in [-0.4, -0.2) is 9.04 Å². The van der Waals surface area contributed by atoms with E-state index in [1.165, 1.54) is 5.56 Å². The zero-order valence-corrected chi connectivity index (χ0v) is 14.0. The number of benzene rings is 1. The molecule has 0 saturated carbocycles. The Morgan fingerprint density at radius 3 is 2.29 bits per heavy atom. The Kier molecular flexibility index (Phi) is 5.42. The summed E-state index contributed by atoms with van der Waals surface area (Å²) in [4.78, 5) is 0. The van der Waals surface area contributed by atoms with E-state index in [1.807, 2.05) is 6.07 Å². The first-order valence-corrected chi connectivity index (χ1v) is 9.21. The van der Waals surface area contributed by atoms with E-state index in [1.54, 1.807) is 0 Å². The van der Waals surface area contributed by atoms with Gasteiger partial charge in [0.05, 0.1) is 6.10 Å². The number of halogens is 1. The van der Waals surface area contributed by atoms with Crippen molar-refractivity contribution in [1.29, 1.82) is 0 Å². The van der Waals surface area contributed by atoms with Crippen LogP contribution in [0.3, 0.4) is 0 Å². The maximum Gasteiger partial charge on any atom is 0.205 e. The predicted molar refractivity (Wildman–Crippen MR) is 79.5 cm³/mol. The molecule has 0 aliphatic carbocycles. The molecular formula is C14H22BrOSi. The third kappa shape index (κ3) is 5.36. The Labute approximate surface area is 115 Å². The van der Waals surface area contributed by atoms with Crippen molar-refractivity contribution >= 4 is 25.0 Å². The number of hydrogen-bond acceptors (Lipinski definition) is 1. The summed E-state index contributed by atoms with van der Waals surface area (Å²) in [6.07, 6.45) is 1.25. The summed E-state index contributed by atoms with van der Waals surface area (Å²) in [5.74, 6) is 0. The highest BCUT2D eigenvalue weighted by Gasteiger charge is 2.23. The predicted octanol–water partition coefficient (Wildman–Crippen LogP) is 5.19. The van der Waals surface area contributed by atoms with Crippen molar-refractivity contribution in [3.8, 4) is 0 Å². The average Bonchev–Trinajstić information content (AvgIpc) is 2.14. The van der Waals surface area contributed by atoms with E-state index in [0.29, 0.717) is 0 Å². The van der Waals surface area contributed by atoms with Gasteiger partial charge in [-0.1, -0.05) is 54.9 Å². The largest absolute Gasteiger partial charge is 0.410 e. The van der Waals surface area contributed by atoms with E-state index in [4.69, 9.17) is 4.43 Å². The summed E-state index contributed by atoms with van der Waals surface area (Å²) < 4.78 is 7.32. The Morgan fingerprint density at radius 1 is 1.24 bits per heavy atom. The van der Waals surface area contributed by atoms with E-state index >= 15 is 0 Å². The van der Waals surface area contributed by atoms with Crippen molar-refractivity contribution in [2.75, 3.05) is 0 Å². The molecule has 1 aromatic carbocycles. The standard InChI is InChI=1S/C14H22BrOSi/c1-14(2,3)10-13(16-17(4)5)11-8-6-7-9-12(11)15/h6-9,13H,10H2,1-5H3/t13-/m0/s1. The van der Waals surface area contributed by atoms with Gasteiger partial charge < -0.3 is 4.43 Å². The lowest BCUT2D eigenvalue weighted by Gasteiger charge is -2.28. The van der Waals surface area contributed by atoms with E-state index in [-0.39, 0.29) is 11.5 Å². The first-order chi connectivity index (χ1) is 7.79. The first kappa shape index (κ1) is 14.9. The van der Waals surface area contributed by atoms with Gasteiger partial charge in [-0.25, -0.2) is 0 Å². The molecule has 0 aliphatic rings. The van der Waals surface area contributed by atoms with Gasteiger partial charge in [0.25, 0.3) is 0 Å². The Bertz CT molecular complexity index is 357. The third-order valence-electron chi connectivity index (χ3n) is 2.43. The van der Waals surface area contributed by atoms with Crippen molar-refractivity contribution in [3.63, 3.8) is 0 Å². The van der Waals surface area contributed by atoms with Crippen molar-refractivity contribution in [3.05, 3.63) is 34.3 Å². The van der Waals surface area contributed by atoms with Crippen molar-refractivity contribution in [1.82, 2.24) is 0 Å². The molecule has 1 nitrogen and oxygen atoms in total. The van der Waals surface area contributed by atoms with Gasteiger partial charge in [-0.15, -0.1) is 0 Å². The van der Waals surface area contributed by atoms with Crippen LogP contribution in [-0.2, 0) is 4.43 Å². The van der Waals surface area contributed by atoms with Gasteiger partial charge in [0.1, 0.15) is 0 Å². The molecule has 0 spiro atoms. The molecule has 0 fully saturated rings. The average molecular weight is 314 g/mol. The molecule has 0 amide bonds. The van der Waals surface area contributed by atoms with Crippen LogP contribution in [0.4, 0.5) is 0 Å². The van der Waals surface area contributed by atoms with Gasteiger partial charge in [0.15, 0.2) is 0 Å². The molecule has 1 radical (unpaired) electrons. The summed E-state index contributed by atoms with van der Waals surface area (Å²) in [5, 5.41) is 0. The molecule has 3 heteroatoms. The van der Waals surface area contributed by atoms with Gasteiger partial charge in [-0.2, -0.15) is 0 Å². The molecule has 0 bridgehead atoms. The van der Waals surface area contributed by atoms with E-state index < -0.39 is 9.04 Å². The van der Waals surface area contributed by atoms with E-state index in [2.05, 4.69) is 68.0 Å². The number of hydrogen-bond donors (Lipinski definition) is 0. The topological polar surface area (TPSA) is 9.23 Å². The van der Waals surface area contributed by atoms with Crippen LogP contribution >= 0.6 is 15.9 Å². The van der Waals surface area contributed by atoms with Crippen molar-refractivity contribution in [2.24, 2.45) is 5.41 Å². The molecule has 0 unspecified atom stereocenters. The SMILES string of the molecule is C[Si](C)O[C@@H](CC(C)(C)C)c1ccccc1Br. The molecule has 17 heavy (non-hydrogen) atoms. The maximum absolute atomic E-state index is 6.17. The minimum absolute atomic E-state index is 0.203. The second kappa shape index (κ2) is 6.16. The van der Waals surface area contributed by atoms with Gasteiger partial charge in [-0.05, 0) is 36.6 Å². The highest BCUT2D eigenvalue weighted by Crippen LogP contribution is 2.35. The van der Waals surface area contributed by atoms with Crippen molar-refractivity contribution in [2.45, 2.75) is 46.4 Å². The van der Waals surface area contributed by atoms with Crippen LogP contribution in [0.25, 0.3) is 0 Å². The van der Waals surface area contributed by atoms with Crippen LogP contribution in [0.2, 0.25) is 13.1 Å². The van der Waals surface area contributed by atoms with Crippen LogP contribution < -0.4 is 0 Å². The first-order valence-electron chi connectivity index (χ1n) is 6.01. The quantitative estimate of drug-likeness (QED) is 0.695. The summed E-state index contributed by atoms with van der Waals surface area (Å²) >= 11 is 3.63. The fourth-order valence-electron chi connectivity index (χ4n) is 1.79. The molecule has 0 heterocycles. The lowest BCUT2D eigenvalue weighted by Crippen LogP contribution is -2.20. The summed E-state index contributed by atoms with van der Waals surface area (Å²) in [5.41, 5.74) is 1.55. The van der Waals surface area contributed by atoms with Crippen LogP contribution in [0.1, 0.15) is 38.9 Å². The molecule has 1 rings (SSSR count). The normalized spacial score (nSPS) is 14.1. The molecule has 95 valence electrons. The highest BCUT2D eigenvalue weighted by molar-refractivity contribution is 9.10. The molecule has 0 aromatic heterocycles. The van der Waals surface area contributed by atoms with Crippen LogP contribution in [0.15, 0.2) is 28.7 Å². The van der Waals surface area contributed by atoms with Gasteiger partial charge in [0.2, 0.25) is 9.04 Å². The highest BCUT2D eigenvalue weighted by atomic mass is 79.9. The molecule has 1 aromatic rings. The zero-order chi connectivity index (χ0) is 13.1. The monoisotopic (exact) mass is 313 g/mol. The minimum Gasteiger partial charge on any atom is -0.410 e. The smallest absolute Gasteiger partial charge is 0.205 e. The molecular weight excluding hydrogens is 292 g/mol. The van der Waals surface area contributed by atoms with Gasteiger partial charge in [-0.3, -0.25) is 0 Å². The van der Waals surface area contributed by atoms with Crippen molar-refractivity contribution < 1.29 is 4.43 Å². The lowest BCUT2D eigenvalue weighted by atomic mass is 9.87. The maximum atomic E-state index is 6.17. The summed E-state index contributed by atoms with van der Waals surface area (Å²) in [6, 6.07) is 8.37. The fourth-order valence-corrected chi connectivity index (χ4v) is 3.11. The molecule has 0 aliphatic heterocycles. The number of rotatable bonds is 4. The van der Waals surface area contributed by atoms with Gasteiger partial charge >= 0.3 is 0 Å². The minimum atomic E-state index is -0.689. The van der Waals surface area contributed by atoms with E-state index in [9.17, 15) is 0 Å². The Balaban J connectivity index is 2.94. The fraction of sp³-hybridized carbons (Fsp3) is 0.571. The molecule has 1 atom stereocenters. The second-order valence-electron chi connectivity index (χ2n) is 5.80. The summed E-state index contributed by atoms with van der Waals surface area (Å²) in [7, 11) is -0.689. The Hall–Kier alpha value is -0.123. The Morgan fingerprint density at radius 2 is 1.82 bits per heavy atom. The second-order valence-corrected chi connectivity index (χ2v) is 8.71.